The summed E-state index contributed by atoms with van der Waals surface area (Å²) in [7, 11) is -1.69. The Kier molecular flexibility index (Phi) is 3.24. The Balaban J connectivity index is 2.28. The molecular formula is C10H18N4O2S. The van der Waals surface area contributed by atoms with E-state index >= 15 is 0 Å². The second-order valence-corrected chi connectivity index (χ2v) is 6.25. The molecule has 0 bridgehead atoms. The molecule has 1 aliphatic rings. The van der Waals surface area contributed by atoms with Crippen molar-refractivity contribution in [1.82, 2.24) is 20.2 Å². The number of nitrogens with one attached hydrogen (secondary N) is 3. The minimum absolute atomic E-state index is 0.0803. The fraction of sp³-hybridized carbons (Fsp3) is 0.700. The van der Waals surface area contributed by atoms with Crippen LogP contribution in [0.15, 0.2) is 4.90 Å². The maximum absolute atomic E-state index is 12.2. The largest absolute Gasteiger partial charge is 0.314 e. The summed E-state index contributed by atoms with van der Waals surface area (Å²) in [5.41, 5.74) is 1.11. The molecule has 0 aliphatic heterocycles. The zero-order valence-electron chi connectivity index (χ0n) is 10.2. The monoisotopic (exact) mass is 258 g/mol. The van der Waals surface area contributed by atoms with Crippen molar-refractivity contribution in [2.24, 2.45) is 5.92 Å². The Morgan fingerprint density at radius 2 is 2.18 bits per heavy atom. The van der Waals surface area contributed by atoms with Gasteiger partial charge in [0.1, 0.15) is 4.90 Å². The highest BCUT2D eigenvalue weighted by Crippen LogP contribution is 2.31. The summed E-state index contributed by atoms with van der Waals surface area (Å²) in [5, 5.41) is 9.65. The molecule has 0 radical (unpaired) electrons. The van der Waals surface area contributed by atoms with Crippen LogP contribution in [0.5, 0.6) is 0 Å². The van der Waals surface area contributed by atoms with Crippen LogP contribution < -0.4 is 10.0 Å². The van der Waals surface area contributed by atoms with Gasteiger partial charge in [-0.05, 0) is 26.3 Å². The number of aryl methyl sites for hydroxylation is 1. The SMILES string of the molecule is CNCc1n[nH]c(C)c1S(=O)(=O)NC1CC1C. The molecule has 1 aliphatic carbocycles. The first-order valence-electron chi connectivity index (χ1n) is 5.66. The molecule has 96 valence electrons. The van der Waals surface area contributed by atoms with E-state index in [1.54, 1.807) is 14.0 Å². The van der Waals surface area contributed by atoms with Crippen LogP contribution in [0.2, 0.25) is 0 Å². The third-order valence-electron chi connectivity index (χ3n) is 2.99. The van der Waals surface area contributed by atoms with E-state index in [1.807, 2.05) is 6.92 Å². The van der Waals surface area contributed by atoms with Crippen LogP contribution in [0.1, 0.15) is 24.7 Å². The third-order valence-corrected chi connectivity index (χ3v) is 4.68. The van der Waals surface area contributed by atoms with E-state index in [9.17, 15) is 8.42 Å². The van der Waals surface area contributed by atoms with Crippen LogP contribution in [0.3, 0.4) is 0 Å². The predicted octanol–water partition coefficient (Wildman–Crippen LogP) is 0.124. The summed E-state index contributed by atoms with van der Waals surface area (Å²) >= 11 is 0. The van der Waals surface area contributed by atoms with Gasteiger partial charge in [0.2, 0.25) is 10.0 Å². The molecule has 0 spiro atoms. The highest BCUT2D eigenvalue weighted by atomic mass is 32.2. The first-order chi connectivity index (χ1) is 7.95. The Hall–Kier alpha value is -0.920. The lowest BCUT2D eigenvalue weighted by Crippen LogP contribution is -2.28. The first kappa shape index (κ1) is 12.5. The van der Waals surface area contributed by atoms with E-state index in [1.165, 1.54) is 0 Å². The van der Waals surface area contributed by atoms with E-state index < -0.39 is 10.0 Å². The van der Waals surface area contributed by atoms with Gasteiger partial charge in [0.15, 0.2) is 0 Å². The fourth-order valence-corrected chi connectivity index (χ4v) is 3.58. The number of H-pyrrole nitrogens is 1. The second-order valence-electron chi connectivity index (χ2n) is 4.60. The van der Waals surface area contributed by atoms with Gasteiger partial charge in [-0.2, -0.15) is 5.10 Å². The number of aromatic nitrogens is 2. The lowest BCUT2D eigenvalue weighted by molar-refractivity contribution is 0.575. The summed E-state index contributed by atoms with van der Waals surface area (Å²) in [4.78, 5) is 0.283. The molecule has 1 saturated carbocycles. The quantitative estimate of drug-likeness (QED) is 0.700. The molecule has 1 fully saturated rings. The van der Waals surface area contributed by atoms with Crippen LogP contribution in [0, 0.1) is 12.8 Å². The average Bonchev–Trinajstić information content (AvgIpc) is 2.74. The number of rotatable bonds is 5. The Morgan fingerprint density at radius 3 is 2.71 bits per heavy atom. The van der Waals surface area contributed by atoms with E-state index in [2.05, 4.69) is 20.2 Å². The van der Waals surface area contributed by atoms with Crippen molar-refractivity contribution in [2.45, 2.75) is 37.8 Å². The Morgan fingerprint density at radius 1 is 1.53 bits per heavy atom. The number of nitrogens with zero attached hydrogens (tertiary/aromatic N) is 1. The molecule has 2 rings (SSSR count). The van der Waals surface area contributed by atoms with E-state index in [0.29, 0.717) is 23.9 Å². The maximum atomic E-state index is 12.2. The predicted molar refractivity (Wildman–Crippen MR) is 64.0 cm³/mol. The lowest BCUT2D eigenvalue weighted by Gasteiger charge is -2.07. The third kappa shape index (κ3) is 2.51. The molecule has 3 N–H and O–H groups in total. The molecule has 0 aromatic carbocycles. The van der Waals surface area contributed by atoms with Crippen molar-refractivity contribution in [2.75, 3.05) is 7.05 Å². The smallest absolute Gasteiger partial charge is 0.244 e. The average molecular weight is 258 g/mol. The van der Waals surface area contributed by atoms with Crippen molar-refractivity contribution >= 4 is 10.0 Å². The molecule has 2 atom stereocenters. The summed E-state index contributed by atoms with van der Waals surface area (Å²) in [6.07, 6.45) is 0.914. The Bertz CT molecular complexity index is 508. The van der Waals surface area contributed by atoms with Crippen molar-refractivity contribution in [1.29, 1.82) is 0 Å². The van der Waals surface area contributed by atoms with Gasteiger partial charge < -0.3 is 5.32 Å². The van der Waals surface area contributed by atoms with Crippen LogP contribution in [0.25, 0.3) is 0 Å². The molecule has 1 aromatic heterocycles. The molecular weight excluding hydrogens is 240 g/mol. The van der Waals surface area contributed by atoms with Crippen LogP contribution >= 0.6 is 0 Å². The number of hydrogen-bond donors (Lipinski definition) is 3. The summed E-state index contributed by atoms with van der Waals surface area (Å²) < 4.78 is 27.1. The highest BCUT2D eigenvalue weighted by Gasteiger charge is 2.38. The molecule has 0 amide bonds. The first-order valence-corrected chi connectivity index (χ1v) is 7.14. The van der Waals surface area contributed by atoms with Crippen LogP contribution in [0.4, 0.5) is 0 Å². The molecule has 6 nitrogen and oxygen atoms in total. The minimum atomic E-state index is -3.45. The topological polar surface area (TPSA) is 86.9 Å². The van der Waals surface area contributed by atoms with Gasteiger partial charge in [0.25, 0.3) is 0 Å². The fourth-order valence-electron chi connectivity index (χ4n) is 1.86. The summed E-state index contributed by atoms with van der Waals surface area (Å²) in [6, 6.07) is 0.0803. The van der Waals surface area contributed by atoms with E-state index in [-0.39, 0.29) is 10.9 Å². The second kappa shape index (κ2) is 4.40. The molecule has 2 unspecified atom stereocenters. The summed E-state index contributed by atoms with van der Waals surface area (Å²) in [6.45, 7) is 4.18. The summed E-state index contributed by atoms with van der Waals surface area (Å²) in [5.74, 6) is 0.435. The zero-order valence-corrected chi connectivity index (χ0v) is 11.1. The van der Waals surface area contributed by atoms with E-state index in [4.69, 9.17) is 0 Å². The molecule has 0 saturated heterocycles. The van der Waals surface area contributed by atoms with Crippen molar-refractivity contribution in [3.05, 3.63) is 11.4 Å². The van der Waals surface area contributed by atoms with Gasteiger partial charge in [-0.1, -0.05) is 6.92 Å². The molecule has 1 aromatic rings. The van der Waals surface area contributed by atoms with Crippen LogP contribution in [-0.2, 0) is 16.6 Å². The van der Waals surface area contributed by atoms with Crippen molar-refractivity contribution in [3.63, 3.8) is 0 Å². The van der Waals surface area contributed by atoms with Gasteiger partial charge in [0, 0.05) is 12.6 Å². The normalized spacial score (nSPS) is 23.9. The maximum Gasteiger partial charge on any atom is 0.244 e. The highest BCUT2D eigenvalue weighted by molar-refractivity contribution is 7.89. The number of aromatic amines is 1. The molecule has 17 heavy (non-hydrogen) atoms. The number of sulfonamides is 1. The van der Waals surface area contributed by atoms with Crippen LogP contribution in [-0.4, -0.2) is 31.7 Å². The lowest BCUT2D eigenvalue weighted by atomic mass is 10.4. The van der Waals surface area contributed by atoms with Gasteiger partial charge in [-0.25, -0.2) is 13.1 Å². The zero-order chi connectivity index (χ0) is 12.6. The Labute approximate surface area is 101 Å². The van der Waals surface area contributed by atoms with Gasteiger partial charge in [-0.15, -0.1) is 0 Å². The van der Waals surface area contributed by atoms with E-state index in [0.717, 1.165) is 6.42 Å². The van der Waals surface area contributed by atoms with Gasteiger partial charge in [-0.3, -0.25) is 5.10 Å². The number of hydrogen-bond acceptors (Lipinski definition) is 4. The molecule has 7 heteroatoms. The van der Waals surface area contributed by atoms with Crippen molar-refractivity contribution in [3.8, 4) is 0 Å². The minimum Gasteiger partial charge on any atom is -0.314 e. The van der Waals surface area contributed by atoms with Gasteiger partial charge >= 0.3 is 0 Å². The standard InChI is InChI=1S/C10H18N4O2S/c1-6-4-8(6)14-17(15,16)10-7(2)12-13-9(10)5-11-3/h6,8,11,14H,4-5H2,1-3H3,(H,12,13). The van der Waals surface area contributed by atoms with Crippen molar-refractivity contribution < 1.29 is 8.42 Å². The molecule has 1 heterocycles. The van der Waals surface area contributed by atoms with Gasteiger partial charge in [0.05, 0.1) is 11.4 Å².